The van der Waals surface area contributed by atoms with Gasteiger partial charge in [0, 0.05) is 63.1 Å². The second-order valence-corrected chi connectivity index (χ2v) is 8.92. The van der Waals surface area contributed by atoms with Crippen LogP contribution in [-0.4, -0.2) is 65.6 Å². The number of morpholine rings is 1. The first-order valence-corrected chi connectivity index (χ1v) is 11.5. The van der Waals surface area contributed by atoms with E-state index in [0.717, 1.165) is 53.6 Å². The van der Waals surface area contributed by atoms with Crippen LogP contribution < -0.4 is 10.2 Å². The number of hydrogen-bond donors (Lipinski definition) is 1. The standard InChI is InChI=1S/C22H26N6O2S/c1-23-20(29)19-18(16-5-4-7-24-21(16)31-19)17-14-27(11-12-30-17)13-15-6-8-25-22(26-15)28-9-2-3-10-28/h4-8,17H,2-3,9-14H2,1H3,(H,23,29)/t17-/m1/s1. The molecule has 8 nitrogen and oxygen atoms in total. The number of hydrogen-bond acceptors (Lipinski definition) is 8. The van der Waals surface area contributed by atoms with Gasteiger partial charge in [-0.2, -0.15) is 0 Å². The minimum Gasteiger partial charge on any atom is -0.371 e. The highest BCUT2D eigenvalue weighted by atomic mass is 32.1. The van der Waals surface area contributed by atoms with Crippen LogP contribution in [0.5, 0.6) is 0 Å². The van der Waals surface area contributed by atoms with Crippen molar-refractivity contribution < 1.29 is 9.53 Å². The van der Waals surface area contributed by atoms with Gasteiger partial charge < -0.3 is 15.0 Å². The number of rotatable bonds is 5. The molecule has 0 bridgehead atoms. The van der Waals surface area contributed by atoms with Crippen molar-refractivity contribution in [3.63, 3.8) is 0 Å². The van der Waals surface area contributed by atoms with Gasteiger partial charge in [0.2, 0.25) is 5.95 Å². The largest absolute Gasteiger partial charge is 0.371 e. The van der Waals surface area contributed by atoms with Gasteiger partial charge in [-0.15, -0.1) is 11.3 Å². The fraction of sp³-hybridized carbons (Fsp3) is 0.455. The summed E-state index contributed by atoms with van der Waals surface area (Å²) < 4.78 is 6.15. The summed E-state index contributed by atoms with van der Waals surface area (Å²) >= 11 is 1.42. The van der Waals surface area contributed by atoms with Gasteiger partial charge in [-0.05, 0) is 25.0 Å². The minimum absolute atomic E-state index is 0.0928. The summed E-state index contributed by atoms with van der Waals surface area (Å²) in [5.74, 6) is 0.737. The Morgan fingerprint density at radius 1 is 1.23 bits per heavy atom. The Morgan fingerprint density at radius 3 is 2.94 bits per heavy atom. The van der Waals surface area contributed by atoms with Crippen molar-refractivity contribution in [3.05, 3.63) is 46.7 Å². The van der Waals surface area contributed by atoms with Crippen LogP contribution in [0.1, 0.15) is 39.9 Å². The number of anilines is 1. The van der Waals surface area contributed by atoms with E-state index in [2.05, 4.69) is 25.1 Å². The average molecular weight is 439 g/mol. The van der Waals surface area contributed by atoms with Crippen LogP contribution in [0, 0.1) is 0 Å². The first kappa shape index (κ1) is 20.3. The number of carbonyl (C=O) groups is 1. The quantitative estimate of drug-likeness (QED) is 0.656. The van der Waals surface area contributed by atoms with Gasteiger partial charge in [-0.1, -0.05) is 6.07 Å². The van der Waals surface area contributed by atoms with Crippen molar-refractivity contribution in [1.82, 2.24) is 25.2 Å². The van der Waals surface area contributed by atoms with Gasteiger partial charge in [0.25, 0.3) is 5.91 Å². The molecule has 1 atom stereocenters. The molecule has 2 aliphatic heterocycles. The van der Waals surface area contributed by atoms with E-state index in [0.29, 0.717) is 18.0 Å². The fourth-order valence-corrected chi connectivity index (χ4v) is 5.49. The number of carbonyl (C=O) groups excluding carboxylic acids is 1. The van der Waals surface area contributed by atoms with Gasteiger partial charge in [-0.3, -0.25) is 9.69 Å². The number of amides is 1. The van der Waals surface area contributed by atoms with E-state index in [9.17, 15) is 4.79 Å². The van der Waals surface area contributed by atoms with Crippen molar-refractivity contribution in [2.75, 3.05) is 44.7 Å². The number of nitrogens with one attached hydrogen (secondary N) is 1. The molecule has 2 saturated heterocycles. The maximum atomic E-state index is 12.6. The van der Waals surface area contributed by atoms with Crippen LogP contribution in [-0.2, 0) is 11.3 Å². The van der Waals surface area contributed by atoms with E-state index in [-0.39, 0.29) is 12.0 Å². The molecular weight excluding hydrogens is 412 g/mol. The van der Waals surface area contributed by atoms with Crippen LogP contribution >= 0.6 is 11.3 Å². The summed E-state index contributed by atoms with van der Waals surface area (Å²) in [7, 11) is 1.66. The SMILES string of the molecule is CNC(=O)c1sc2ncccc2c1[C@H]1CN(Cc2ccnc(N3CCCC3)n2)CCO1. The van der Waals surface area contributed by atoms with Crippen LogP contribution in [0.15, 0.2) is 30.6 Å². The molecule has 3 aromatic heterocycles. The second-order valence-electron chi connectivity index (χ2n) is 7.92. The Morgan fingerprint density at radius 2 is 2.10 bits per heavy atom. The molecule has 2 aliphatic rings. The van der Waals surface area contributed by atoms with E-state index in [1.165, 1.54) is 24.2 Å². The highest BCUT2D eigenvalue weighted by Crippen LogP contribution is 2.37. The molecule has 1 N–H and O–H groups in total. The van der Waals surface area contributed by atoms with E-state index in [4.69, 9.17) is 9.72 Å². The molecule has 0 saturated carbocycles. The topological polar surface area (TPSA) is 83.5 Å². The highest BCUT2D eigenvalue weighted by molar-refractivity contribution is 7.20. The fourth-order valence-electron chi connectivity index (χ4n) is 4.34. The smallest absolute Gasteiger partial charge is 0.261 e. The van der Waals surface area contributed by atoms with Crippen LogP contribution in [0.2, 0.25) is 0 Å². The first-order chi connectivity index (χ1) is 15.2. The number of nitrogens with zero attached hydrogens (tertiary/aromatic N) is 5. The number of pyridine rings is 1. The van der Waals surface area contributed by atoms with Crippen molar-refractivity contribution in [1.29, 1.82) is 0 Å². The molecule has 0 aliphatic carbocycles. The lowest BCUT2D eigenvalue weighted by molar-refractivity contribution is -0.0326. The number of fused-ring (bicyclic) bond motifs is 1. The van der Waals surface area contributed by atoms with E-state index >= 15 is 0 Å². The summed E-state index contributed by atoms with van der Waals surface area (Å²) in [6.07, 6.45) is 5.84. The number of aromatic nitrogens is 3. The summed E-state index contributed by atoms with van der Waals surface area (Å²) in [4.78, 5) is 32.4. The Kier molecular flexibility index (Phi) is 5.80. The zero-order valence-corrected chi connectivity index (χ0v) is 18.4. The predicted molar refractivity (Wildman–Crippen MR) is 120 cm³/mol. The molecule has 0 radical (unpaired) electrons. The zero-order valence-electron chi connectivity index (χ0n) is 17.6. The zero-order chi connectivity index (χ0) is 21.2. The van der Waals surface area contributed by atoms with Gasteiger partial charge in [0.15, 0.2) is 0 Å². The summed E-state index contributed by atoms with van der Waals surface area (Å²) in [6.45, 7) is 4.94. The first-order valence-electron chi connectivity index (χ1n) is 10.7. The molecule has 2 fully saturated rings. The van der Waals surface area contributed by atoms with Crippen molar-refractivity contribution in [2.45, 2.75) is 25.5 Å². The molecular formula is C22H26N6O2S. The van der Waals surface area contributed by atoms with Crippen molar-refractivity contribution in [3.8, 4) is 0 Å². The third kappa shape index (κ3) is 4.13. The molecule has 1 amide bonds. The lowest BCUT2D eigenvalue weighted by Crippen LogP contribution is -2.38. The predicted octanol–water partition coefficient (Wildman–Crippen LogP) is 2.62. The number of ether oxygens (including phenoxy) is 1. The van der Waals surface area contributed by atoms with Crippen LogP contribution in [0.4, 0.5) is 5.95 Å². The highest BCUT2D eigenvalue weighted by Gasteiger charge is 2.30. The Hall–Kier alpha value is -2.62. The summed E-state index contributed by atoms with van der Waals surface area (Å²) in [6, 6.07) is 5.92. The van der Waals surface area contributed by atoms with Gasteiger partial charge in [-0.25, -0.2) is 15.0 Å². The molecule has 5 heterocycles. The van der Waals surface area contributed by atoms with Gasteiger partial charge in [0.1, 0.15) is 9.71 Å². The summed E-state index contributed by atoms with van der Waals surface area (Å²) in [5, 5.41) is 3.76. The molecule has 9 heteroatoms. The maximum Gasteiger partial charge on any atom is 0.261 e. The van der Waals surface area contributed by atoms with Crippen molar-refractivity contribution in [2.24, 2.45) is 0 Å². The lowest BCUT2D eigenvalue weighted by atomic mass is 10.0. The normalized spacial score (nSPS) is 19.8. The molecule has 5 rings (SSSR count). The number of thiophene rings is 1. The van der Waals surface area contributed by atoms with E-state index in [1.54, 1.807) is 13.2 Å². The van der Waals surface area contributed by atoms with E-state index < -0.39 is 0 Å². The van der Waals surface area contributed by atoms with Gasteiger partial charge >= 0.3 is 0 Å². The third-order valence-electron chi connectivity index (χ3n) is 5.89. The van der Waals surface area contributed by atoms with E-state index in [1.807, 2.05) is 24.4 Å². The molecule has 162 valence electrons. The molecule has 0 spiro atoms. The Bertz CT molecular complexity index is 1080. The van der Waals surface area contributed by atoms with Gasteiger partial charge in [0.05, 0.1) is 18.4 Å². The lowest BCUT2D eigenvalue weighted by Gasteiger charge is -2.33. The third-order valence-corrected chi connectivity index (χ3v) is 7.01. The molecule has 0 aromatic carbocycles. The monoisotopic (exact) mass is 438 g/mol. The average Bonchev–Trinajstić information content (AvgIpc) is 3.47. The molecule has 31 heavy (non-hydrogen) atoms. The Balaban J connectivity index is 1.38. The molecule has 3 aromatic rings. The maximum absolute atomic E-state index is 12.6. The minimum atomic E-state index is -0.182. The van der Waals surface area contributed by atoms with Crippen LogP contribution in [0.25, 0.3) is 10.2 Å². The Labute approximate surface area is 185 Å². The van der Waals surface area contributed by atoms with Crippen molar-refractivity contribution >= 4 is 33.4 Å². The molecule has 0 unspecified atom stereocenters. The summed E-state index contributed by atoms with van der Waals surface area (Å²) in [5.41, 5.74) is 1.96. The van der Waals surface area contributed by atoms with Crippen LogP contribution in [0.3, 0.4) is 0 Å². The second kappa shape index (κ2) is 8.86.